The summed E-state index contributed by atoms with van der Waals surface area (Å²) < 4.78 is 8.80. The first kappa shape index (κ1) is 19.0. The van der Waals surface area contributed by atoms with Crippen molar-refractivity contribution < 1.29 is 9.53 Å². The molecule has 146 valence electrons. The molecule has 6 heteroatoms. The second kappa shape index (κ2) is 6.62. The summed E-state index contributed by atoms with van der Waals surface area (Å²) in [5, 5.41) is 0. The molecule has 0 radical (unpaired) electrons. The van der Waals surface area contributed by atoms with Crippen molar-refractivity contribution in [1.29, 1.82) is 0 Å². The number of amides is 1. The number of hydrogen-bond acceptors (Lipinski definition) is 3. The van der Waals surface area contributed by atoms with E-state index >= 15 is 0 Å². The van der Waals surface area contributed by atoms with Crippen LogP contribution in [0.1, 0.15) is 62.3 Å². The molecule has 1 aliphatic rings. The number of carbonyl (C=O) groups is 1. The SMILES string of the molecule is Cc1nc2ccc(Br)cn2c1[C@@H]1c2ccccc2[C@H](C)N1C(=O)OC(C)(C)C. The van der Waals surface area contributed by atoms with Crippen molar-refractivity contribution in [2.24, 2.45) is 0 Å². The molecular weight excluding hydrogens is 418 g/mol. The van der Waals surface area contributed by atoms with Gasteiger partial charge in [0, 0.05) is 10.7 Å². The first-order valence-corrected chi connectivity index (χ1v) is 10.2. The molecule has 3 heterocycles. The van der Waals surface area contributed by atoms with Gasteiger partial charge in [-0.25, -0.2) is 9.78 Å². The van der Waals surface area contributed by atoms with E-state index in [4.69, 9.17) is 9.72 Å². The molecule has 1 amide bonds. The van der Waals surface area contributed by atoms with Gasteiger partial charge in [0.1, 0.15) is 17.3 Å². The molecular formula is C22H24BrN3O2. The van der Waals surface area contributed by atoms with Crippen LogP contribution in [0.2, 0.25) is 0 Å². The number of hydrogen-bond donors (Lipinski definition) is 0. The molecule has 0 spiro atoms. The molecule has 0 aliphatic carbocycles. The molecule has 0 N–H and O–H groups in total. The number of benzene rings is 1. The summed E-state index contributed by atoms with van der Waals surface area (Å²) in [7, 11) is 0. The Labute approximate surface area is 173 Å². The average Bonchev–Trinajstić information content (AvgIpc) is 3.07. The fourth-order valence-corrected chi connectivity index (χ4v) is 4.34. The molecule has 0 fully saturated rings. The van der Waals surface area contributed by atoms with E-state index < -0.39 is 5.60 Å². The van der Waals surface area contributed by atoms with E-state index in [2.05, 4.69) is 39.4 Å². The van der Waals surface area contributed by atoms with E-state index in [1.54, 1.807) is 0 Å². The Bertz CT molecular complexity index is 1070. The summed E-state index contributed by atoms with van der Waals surface area (Å²) in [5.41, 5.74) is 4.44. The van der Waals surface area contributed by atoms with Gasteiger partial charge in [0.15, 0.2) is 0 Å². The van der Waals surface area contributed by atoms with Crippen LogP contribution in [0.4, 0.5) is 4.79 Å². The molecule has 5 nitrogen and oxygen atoms in total. The normalized spacial score (nSPS) is 19.1. The fraction of sp³-hybridized carbons (Fsp3) is 0.364. The molecule has 28 heavy (non-hydrogen) atoms. The van der Waals surface area contributed by atoms with Crippen molar-refractivity contribution in [3.8, 4) is 0 Å². The zero-order valence-electron chi connectivity index (χ0n) is 16.7. The van der Waals surface area contributed by atoms with Crippen LogP contribution in [-0.4, -0.2) is 26.0 Å². The number of nitrogens with zero attached hydrogens (tertiary/aromatic N) is 3. The number of rotatable bonds is 1. The number of aromatic nitrogens is 2. The predicted molar refractivity (Wildman–Crippen MR) is 112 cm³/mol. The van der Waals surface area contributed by atoms with E-state index in [-0.39, 0.29) is 18.2 Å². The van der Waals surface area contributed by atoms with E-state index in [0.717, 1.165) is 32.6 Å². The third-order valence-corrected chi connectivity index (χ3v) is 5.57. The smallest absolute Gasteiger partial charge is 0.411 e. The molecule has 0 bridgehead atoms. The van der Waals surface area contributed by atoms with Crippen molar-refractivity contribution >= 4 is 27.7 Å². The molecule has 4 rings (SSSR count). The summed E-state index contributed by atoms with van der Waals surface area (Å²) in [6.45, 7) is 9.73. The average molecular weight is 442 g/mol. The second-order valence-electron chi connectivity index (χ2n) is 8.25. The third-order valence-electron chi connectivity index (χ3n) is 5.10. The van der Waals surface area contributed by atoms with Gasteiger partial charge in [0.2, 0.25) is 0 Å². The highest BCUT2D eigenvalue weighted by Crippen LogP contribution is 2.46. The van der Waals surface area contributed by atoms with Gasteiger partial charge in [-0.3, -0.25) is 4.90 Å². The van der Waals surface area contributed by atoms with Crippen molar-refractivity contribution in [2.45, 2.75) is 52.3 Å². The molecule has 1 aromatic carbocycles. The predicted octanol–water partition coefficient (Wildman–Crippen LogP) is 5.81. The Balaban J connectivity index is 1.93. The van der Waals surface area contributed by atoms with E-state index in [9.17, 15) is 4.79 Å². The Morgan fingerprint density at radius 3 is 2.50 bits per heavy atom. The second-order valence-corrected chi connectivity index (χ2v) is 9.17. The van der Waals surface area contributed by atoms with Gasteiger partial charge in [0.25, 0.3) is 0 Å². The van der Waals surface area contributed by atoms with Gasteiger partial charge in [-0.15, -0.1) is 0 Å². The van der Waals surface area contributed by atoms with E-state index in [1.165, 1.54) is 0 Å². The largest absolute Gasteiger partial charge is 0.444 e. The summed E-state index contributed by atoms with van der Waals surface area (Å²) in [6.07, 6.45) is 1.69. The van der Waals surface area contributed by atoms with E-state index in [0.29, 0.717) is 0 Å². The van der Waals surface area contributed by atoms with Crippen LogP contribution < -0.4 is 0 Å². The van der Waals surface area contributed by atoms with Crippen LogP contribution >= 0.6 is 15.9 Å². The fourth-order valence-electron chi connectivity index (χ4n) is 4.00. The van der Waals surface area contributed by atoms with Crippen LogP contribution in [-0.2, 0) is 4.74 Å². The van der Waals surface area contributed by atoms with Crippen molar-refractivity contribution in [3.05, 3.63) is 69.6 Å². The number of aryl methyl sites for hydroxylation is 1. The van der Waals surface area contributed by atoms with Crippen LogP contribution in [0.15, 0.2) is 47.1 Å². The topological polar surface area (TPSA) is 46.8 Å². The Kier molecular flexibility index (Phi) is 4.49. The van der Waals surface area contributed by atoms with Crippen molar-refractivity contribution in [2.75, 3.05) is 0 Å². The quantitative estimate of drug-likeness (QED) is 0.478. The summed E-state index contributed by atoms with van der Waals surface area (Å²) in [4.78, 5) is 19.8. The minimum atomic E-state index is -0.562. The molecule has 0 unspecified atom stereocenters. The minimum absolute atomic E-state index is 0.0897. The molecule has 0 saturated carbocycles. The zero-order chi connectivity index (χ0) is 20.2. The summed E-state index contributed by atoms with van der Waals surface area (Å²) >= 11 is 3.56. The minimum Gasteiger partial charge on any atom is -0.444 e. The number of carbonyl (C=O) groups excluding carboxylic acids is 1. The lowest BCUT2D eigenvalue weighted by Crippen LogP contribution is -2.38. The van der Waals surface area contributed by atoms with Crippen molar-refractivity contribution in [3.63, 3.8) is 0 Å². The lowest BCUT2D eigenvalue weighted by molar-refractivity contribution is 0.0139. The third kappa shape index (κ3) is 3.09. The van der Waals surface area contributed by atoms with Gasteiger partial charge in [-0.05, 0) is 73.8 Å². The highest BCUT2D eigenvalue weighted by Gasteiger charge is 2.43. The molecule has 0 saturated heterocycles. The standard InChI is InChI=1S/C22H24BrN3O2/c1-13-19(25-12-15(23)10-11-18(25)24-13)20-17-9-7-6-8-16(17)14(2)26(20)21(27)28-22(3,4)5/h6-12,14,20H,1-5H3/t14-,20-/m0/s1. The number of ether oxygens (including phenoxy) is 1. The lowest BCUT2D eigenvalue weighted by Gasteiger charge is -2.32. The summed E-state index contributed by atoms with van der Waals surface area (Å²) in [6, 6.07) is 11.8. The van der Waals surface area contributed by atoms with Crippen molar-refractivity contribution in [1.82, 2.24) is 14.3 Å². The molecule has 1 aliphatic heterocycles. The van der Waals surface area contributed by atoms with Gasteiger partial charge in [-0.1, -0.05) is 24.3 Å². The van der Waals surface area contributed by atoms with Crippen LogP contribution in [0.3, 0.4) is 0 Å². The lowest BCUT2D eigenvalue weighted by atomic mass is 10.00. The Morgan fingerprint density at radius 1 is 1.14 bits per heavy atom. The van der Waals surface area contributed by atoms with Gasteiger partial charge >= 0.3 is 6.09 Å². The number of halogens is 1. The van der Waals surface area contributed by atoms with Gasteiger partial charge in [0.05, 0.1) is 17.4 Å². The summed E-state index contributed by atoms with van der Waals surface area (Å²) in [5.74, 6) is 0. The Hall–Kier alpha value is -2.34. The highest BCUT2D eigenvalue weighted by molar-refractivity contribution is 9.10. The number of pyridine rings is 1. The van der Waals surface area contributed by atoms with Crippen LogP contribution in [0.25, 0.3) is 5.65 Å². The maximum atomic E-state index is 13.2. The molecule has 3 aromatic rings. The zero-order valence-corrected chi connectivity index (χ0v) is 18.3. The maximum absolute atomic E-state index is 13.2. The Morgan fingerprint density at radius 2 is 1.82 bits per heavy atom. The maximum Gasteiger partial charge on any atom is 0.411 e. The first-order valence-electron chi connectivity index (χ1n) is 9.41. The van der Waals surface area contributed by atoms with Gasteiger partial charge < -0.3 is 9.14 Å². The first-order chi connectivity index (χ1) is 13.2. The van der Waals surface area contributed by atoms with Gasteiger partial charge in [-0.2, -0.15) is 0 Å². The molecule has 2 aromatic heterocycles. The van der Waals surface area contributed by atoms with E-state index in [1.807, 2.05) is 63.1 Å². The number of imidazole rings is 1. The highest BCUT2D eigenvalue weighted by atomic mass is 79.9. The monoisotopic (exact) mass is 441 g/mol. The molecule has 2 atom stereocenters. The number of fused-ring (bicyclic) bond motifs is 2. The van der Waals surface area contributed by atoms with Crippen LogP contribution in [0.5, 0.6) is 0 Å². The van der Waals surface area contributed by atoms with Crippen LogP contribution in [0, 0.1) is 6.92 Å².